The topological polar surface area (TPSA) is 35.0 Å². The van der Waals surface area contributed by atoms with Crippen molar-refractivity contribution in [2.45, 2.75) is 19.6 Å². The summed E-state index contributed by atoms with van der Waals surface area (Å²) < 4.78 is 5.71. The molecule has 3 nitrogen and oxygen atoms in total. The number of rotatable bonds is 4. The lowest BCUT2D eigenvalue weighted by molar-refractivity contribution is 0.0501. The molecule has 1 unspecified atom stereocenters. The Morgan fingerprint density at radius 2 is 1.88 bits per heavy atom. The van der Waals surface area contributed by atoms with E-state index < -0.39 is 0 Å². The van der Waals surface area contributed by atoms with Gasteiger partial charge in [-0.2, -0.15) is 5.10 Å². The van der Waals surface area contributed by atoms with Crippen molar-refractivity contribution >= 4 is 11.6 Å². The fourth-order valence-corrected chi connectivity index (χ4v) is 1.55. The SMILES string of the molecule is CC(OCc1ccc(Cl)nn1)c1ccccc1. The van der Waals surface area contributed by atoms with Crippen LogP contribution in [0.1, 0.15) is 24.3 Å². The van der Waals surface area contributed by atoms with E-state index in [1.54, 1.807) is 6.07 Å². The second kappa shape index (κ2) is 5.75. The predicted molar refractivity (Wildman–Crippen MR) is 66.7 cm³/mol. The maximum absolute atomic E-state index is 5.71. The zero-order valence-electron chi connectivity index (χ0n) is 9.51. The Labute approximate surface area is 105 Å². The summed E-state index contributed by atoms with van der Waals surface area (Å²) >= 11 is 5.66. The van der Waals surface area contributed by atoms with Crippen LogP contribution in [0, 0.1) is 0 Å². The summed E-state index contributed by atoms with van der Waals surface area (Å²) in [6.07, 6.45) is 0.0358. The van der Waals surface area contributed by atoms with E-state index in [9.17, 15) is 0 Å². The second-order valence-corrected chi connectivity index (χ2v) is 4.10. The Bertz CT molecular complexity index is 459. The van der Waals surface area contributed by atoms with Gasteiger partial charge >= 0.3 is 0 Å². The summed E-state index contributed by atoms with van der Waals surface area (Å²) in [6.45, 7) is 2.44. The molecule has 2 aromatic rings. The molecular weight excluding hydrogens is 236 g/mol. The summed E-state index contributed by atoms with van der Waals surface area (Å²) in [6, 6.07) is 13.6. The van der Waals surface area contributed by atoms with Crippen molar-refractivity contribution in [3.8, 4) is 0 Å². The highest BCUT2D eigenvalue weighted by Crippen LogP contribution is 2.17. The van der Waals surface area contributed by atoms with Crippen LogP contribution in [0.4, 0.5) is 0 Å². The summed E-state index contributed by atoms with van der Waals surface area (Å²) in [5.74, 6) is 0. The van der Waals surface area contributed by atoms with Crippen molar-refractivity contribution in [1.82, 2.24) is 10.2 Å². The standard InChI is InChI=1S/C13H13ClN2O/c1-10(11-5-3-2-4-6-11)17-9-12-7-8-13(14)16-15-12/h2-8,10H,9H2,1H3. The number of benzene rings is 1. The average molecular weight is 249 g/mol. The van der Waals surface area contributed by atoms with Crippen molar-refractivity contribution in [2.75, 3.05) is 0 Å². The van der Waals surface area contributed by atoms with Gasteiger partial charge in [0.1, 0.15) is 0 Å². The van der Waals surface area contributed by atoms with Crippen LogP contribution in [0.2, 0.25) is 5.15 Å². The van der Waals surface area contributed by atoms with Crippen LogP contribution in [0.15, 0.2) is 42.5 Å². The van der Waals surface area contributed by atoms with E-state index in [0.29, 0.717) is 11.8 Å². The van der Waals surface area contributed by atoms with Gasteiger partial charge in [-0.3, -0.25) is 0 Å². The lowest BCUT2D eigenvalue weighted by Crippen LogP contribution is -2.02. The third-order valence-corrected chi connectivity index (χ3v) is 2.64. The van der Waals surface area contributed by atoms with Gasteiger partial charge in [-0.1, -0.05) is 41.9 Å². The largest absolute Gasteiger partial charge is 0.367 e. The predicted octanol–water partition coefficient (Wildman–Crippen LogP) is 3.41. The molecule has 0 radical (unpaired) electrons. The highest BCUT2D eigenvalue weighted by Gasteiger charge is 2.05. The van der Waals surface area contributed by atoms with Gasteiger partial charge in [0.15, 0.2) is 5.15 Å². The molecule has 0 aliphatic carbocycles. The molecule has 0 saturated carbocycles. The minimum atomic E-state index is 0.0358. The molecule has 0 aliphatic heterocycles. The Hall–Kier alpha value is -1.45. The summed E-state index contributed by atoms with van der Waals surface area (Å²) in [4.78, 5) is 0. The van der Waals surface area contributed by atoms with Gasteiger partial charge in [0.05, 0.1) is 18.4 Å². The maximum atomic E-state index is 5.71. The van der Waals surface area contributed by atoms with Crippen molar-refractivity contribution in [2.24, 2.45) is 0 Å². The molecule has 0 aliphatic rings. The molecule has 1 heterocycles. The van der Waals surface area contributed by atoms with Crippen LogP contribution in [0.5, 0.6) is 0 Å². The average Bonchev–Trinajstić information content (AvgIpc) is 2.39. The highest BCUT2D eigenvalue weighted by molar-refractivity contribution is 6.29. The van der Waals surface area contributed by atoms with E-state index in [4.69, 9.17) is 16.3 Å². The molecule has 0 saturated heterocycles. The molecule has 0 amide bonds. The molecule has 2 rings (SSSR count). The molecule has 0 N–H and O–H groups in total. The third-order valence-electron chi connectivity index (χ3n) is 2.44. The van der Waals surface area contributed by atoms with E-state index >= 15 is 0 Å². The number of hydrogen-bond acceptors (Lipinski definition) is 3. The number of aromatic nitrogens is 2. The monoisotopic (exact) mass is 248 g/mol. The molecule has 4 heteroatoms. The van der Waals surface area contributed by atoms with Crippen LogP contribution in [-0.4, -0.2) is 10.2 Å². The van der Waals surface area contributed by atoms with Crippen LogP contribution < -0.4 is 0 Å². The van der Waals surface area contributed by atoms with Gasteiger partial charge in [0, 0.05) is 0 Å². The smallest absolute Gasteiger partial charge is 0.151 e. The normalized spacial score (nSPS) is 12.4. The Kier molecular flexibility index (Phi) is 4.07. The minimum absolute atomic E-state index is 0.0358. The molecule has 17 heavy (non-hydrogen) atoms. The lowest BCUT2D eigenvalue weighted by atomic mass is 10.1. The fraction of sp³-hybridized carbons (Fsp3) is 0.231. The highest BCUT2D eigenvalue weighted by atomic mass is 35.5. The minimum Gasteiger partial charge on any atom is -0.367 e. The molecule has 1 aromatic carbocycles. The molecule has 88 valence electrons. The van der Waals surface area contributed by atoms with E-state index in [1.807, 2.05) is 43.3 Å². The molecule has 0 bridgehead atoms. The molecule has 1 aromatic heterocycles. The van der Waals surface area contributed by atoms with Crippen molar-refractivity contribution in [3.05, 3.63) is 58.9 Å². The summed E-state index contributed by atoms with van der Waals surface area (Å²) in [5.41, 5.74) is 1.92. The van der Waals surface area contributed by atoms with Crippen LogP contribution in [-0.2, 0) is 11.3 Å². The molecular formula is C13H13ClN2O. The number of hydrogen-bond donors (Lipinski definition) is 0. The summed E-state index contributed by atoms with van der Waals surface area (Å²) in [7, 11) is 0. The first-order chi connectivity index (χ1) is 8.25. The van der Waals surface area contributed by atoms with Gasteiger partial charge in [0.25, 0.3) is 0 Å². The number of ether oxygens (including phenoxy) is 1. The van der Waals surface area contributed by atoms with Crippen LogP contribution in [0.3, 0.4) is 0 Å². The lowest BCUT2D eigenvalue weighted by Gasteiger charge is -2.12. The van der Waals surface area contributed by atoms with Gasteiger partial charge in [-0.15, -0.1) is 5.10 Å². The first-order valence-corrected chi connectivity index (χ1v) is 5.78. The van der Waals surface area contributed by atoms with Gasteiger partial charge < -0.3 is 4.74 Å². The van der Waals surface area contributed by atoms with E-state index in [1.165, 1.54) is 0 Å². The number of halogens is 1. The zero-order valence-corrected chi connectivity index (χ0v) is 10.3. The van der Waals surface area contributed by atoms with E-state index in [0.717, 1.165) is 11.3 Å². The fourth-order valence-electron chi connectivity index (χ4n) is 1.45. The van der Waals surface area contributed by atoms with Gasteiger partial charge in [-0.25, -0.2) is 0 Å². The van der Waals surface area contributed by atoms with Crippen molar-refractivity contribution in [3.63, 3.8) is 0 Å². The Balaban J connectivity index is 1.92. The summed E-state index contributed by atoms with van der Waals surface area (Å²) in [5, 5.41) is 8.10. The molecule has 0 spiro atoms. The van der Waals surface area contributed by atoms with Crippen LogP contribution >= 0.6 is 11.6 Å². The Morgan fingerprint density at radius 3 is 2.53 bits per heavy atom. The quantitative estimate of drug-likeness (QED) is 0.832. The first-order valence-electron chi connectivity index (χ1n) is 5.40. The van der Waals surface area contributed by atoms with Gasteiger partial charge in [0.2, 0.25) is 0 Å². The van der Waals surface area contributed by atoms with Crippen molar-refractivity contribution < 1.29 is 4.74 Å². The second-order valence-electron chi connectivity index (χ2n) is 3.71. The van der Waals surface area contributed by atoms with Crippen LogP contribution in [0.25, 0.3) is 0 Å². The van der Waals surface area contributed by atoms with Crippen molar-refractivity contribution in [1.29, 1.82) is 0 Å². The Morgan fingerprint density at radius 1 is 1.12 bits per heavy atom. The van der Waals surface area contributed by atoms with Gasteiger partial charge in [-0.05, 0) is 24.6 Å². The van der Waals surface area contributed by atoms with E-state index in [-0.39, 0.29) is 6.10 Å². The maximum Gasteiger partial charge on any atom is 0.151 e. The third kappa shape index (κ3) is 3.51. The number of nitrogens with zero attached hydrogens (tertiary/aromatic N) is 2. The zero-order chi connectivity index (χ0) is 12.1. The first kappa shape index (κ1) is 12.0. The molecule has 1 atom stereocenters. The van der Waals surface area contributed by atoms with E-state index in [2.05, 4.69) is 10.2 Å². The molecule has 0 fully saturated rings.